The third kappa shape index (κ3) is 2.29. The summed E-state index contributed by atoms with van der Waals surface area (Å²) >= 11 is 0. The normalized spacial score (nSPS) is 10.5. The summed E-state index contributed by atoms with van der Waals surface area (Å²) in [6.07, 6.45) is 0. The summed E-state index contributed by atoms with van der Waals surface area (Å²) in [6.45, 7) is 3.40. The van der Waals surface area contributed by atoms with Gasteiger partial charge >= 0.3 is 5.97 Å². The topological polar surface area (TPSA) is 39.2 Å². The molecule has 0 N–H and O–H groups in total. The van der Waals surface area contributed by atoms with Crippen molar-refractivity contribution in [2.45, 2.75) is 19.8 Å². The van der Waals surface area contributed by atoms with E-state index in [9.17, 15) is 13.6 Å². The lowest BCUT2D eigenvalue weighted by molar-refractivity contribution is 0.0587. The summed E-state index contributed by atoms with van der Waals surface area (Å²) in [5.41, 5.74) is -0.431. The van der Waals surface area contributed by atoms with Crippen molar-refractivity contribution in [3.8, 4) is 0 Å². The van der Waals surface area contributed by atoms with Crippen LogP contribution >= 0.6 is 0 Å². The van der Waals surface area contributed by atoms with Gasteiger partial charge in [-0.2, -0.15) is 0 Å². The van der Waals surface area contributed by atoms with Gasteiger partial charge in [-0.15, -0.1) is 0 Å². The highest BCUT2D eigenvalue weighted by Crippen LogP contribution is 2.18. The number of carbonyl (C=O) groups is 1. The first-order valence-corrected chi connectivity index (χ1v) is 4.41. The van der Waals surface area contributed by atoms with Gasteiger partial charge in [0.2, 0.25) is 0 Å². The van der Waals surface area contributed by atoms with E-state index in [2.05, 4.69) is 9.72 Å². The van der Waals surface area contributed by atoms with Crippen LogP contribution in [0.25, 0.3) is 0 Å². The third-order valence-electron chi connectivity index (χ3n) is 1.88. The van der Waals surface area contributed by atoms with Crippen LogP contribution < -0.4 is 0 Å². The molecule has 5 heteroatoms. The van der Waals surface area contributed by atoms with Crippen molar-refractivity contribution in [2.24, 2.45) is 0 Å². The number of esters is 1. The summed E-state index contributed by atoms with van der Waals surface area (Å²) in [5.74, 6) is -2.90. The number of rotatable bonds is 2. The van der Waals surface area contributed by atoms with Crippen molar-refractivity contribution in [3.63, 3.8) is 0 Å². The standard InChI is InChI=1S/C10H11F2NO2/c1-5(2)8-6(11)4-7(12)9(13-8)10(14)15-3/h4-5H,1-3H3. The molecular formula is C10H11F2NO2. The fraction of sp³-hybridized carbons (Fsp3) is 0.400. The number of halogens is 2. The van der Waals surface area contributed by atoms with E-state index in [1.54, 1.807) is 13.8 Å². The Balaban J connectivity index is 3.29. The molecule has 0 unspecified atom stereocenters. The van der Waals surface area contributed by atoms with E-state index in [1.807, 2.05) is 0 Å². The van der Waals surface area contributed by atoms with E-state index in [4.69, 9.17) is 0 Å². The minimum absolute atomic E-state index is 0.0526. The number of pyridine rings is 1. The largest absolute Gasteiger partial charge is 0.464 e. The van der Waals surface area contributed by atoms with Crippen molar-refractivity contribution < 1.29 is 18.3 Å². The molecule has 1 heterocycles. The van der Waals surface area contributed by atoms with Crippen LogP contribution in [0.1, 0.15) is 35.9 Å². The lowest BCUT2D eigenvalue weighted by Crippen LogP contribution is -2.11. The number of ether oxygens (including phenoxy) is 1. The fourth-order valence-electron chi connectivity index (χ4n) is 1.13. The van der Waals surface area contributed by atoms with Gasteiger partial charge < -0.3 is 4.74 Å². The van der Waals surface area contributed by atoms with Gasteiger partial charge in [0.1, 0.15) is 5.82 Å². The molecule has 0 aliphatic carbocycles. The maximum Gasteiger partial charge on any atom is 0.359 e. The zero-order valence-electron chi connectivity index (χ0n) is 8.67. The minimum atomic E-state index is -1.01. The highest BCUT2D eigenvalue weighted by molar-refractivity contribution is 5.87. The highest BCUT2D eigenvalue weighted by atomic mass is 19.1. The van der Waals surface area contributed by atoms with Gasteiger partial charge in [-0.3, -0.25) is 0 Å². The van der Waals surface area contributed by atoms with E-state index < -0.39 is 23.3 Å². The molecule has 0 saturated heterocycles. The van der Waals surface area contributed by atoms with Crippen LogP contribution in [0, 0.1) is 11.6 Å². The van der Waals surface area contributed by atoms with Crippen molar-refractivity contribution in [3.05, 3.63) is 29.1 Å². The predicted molar refractivity (Wildman–Crippen MR) is 49.6 cm³/mol. The molecule has 0 aromatic carbocycles. The Bertz CT molecular complexity index is 391. The van der Waals surface area contributed by atoms with Gasteiger partial charge in [0.15, 0.2) is 11.5 Å². The molecule has 82 valence electrons. The molecule has 0 fully saturated rings. The van der Waals surface area contributed by atoms with E-state index in [0.717, 1.165) is 7.11 Å². The van der Waals surface area contributed by atoms with Crippen LogP contribution in [0.4, 0.5) is 8.78 Å². The first-order valence-electron chi connectivity index (χ1n) is 4.41. The average Bonchev–Trinajstić information content (AvgIpc) is 2.16. The fourth-order valence-corrected chi connectivity index (χ4v) is 1.13. The van der Waals surface area contributed by atoms with Gasteiger partial charge in [0.25, 0.3) is 0 Å². The SMILES string of the molecule is COC(=O)c1nc(C(C)C)c(F)cc1F. The molecule has 1 rings (SSSR count). The van der Waals surface area contributed by atoms with Crippen LogP contribution in [0.2, 0.25) is 0 Å². The quantitative estimate of drug-likeness (QED) is 0.710. The summed E-state index contributed by atoms with van der Waals surface area (Å²) < 4.78 is 30.6. The summed E-state index contributed by atoms with van der Waals surface area (Å²) in [5, 5.41) is 0. The number of nitrogens with zero attached hydrogens (tertiary/aromatic N) is 1. The molecule has 1 aromatic rings. The molecule has 0 amide bonds. The molecule has 0 atom stereocenters. The van der Waals surface area contributed by atoms with E-state index in [1.165, 1.54) is 0 Å². The Hall–Kier alpha value is -1.52. The predicted octanol–water partition coefficient (Wildman–Crippen LogP) is 2.27. The Morgan fingerprint density at radius 2 is 2.00 bits per heavy atom. The summed E-state index contributed by atoms with van der Waals surface area (Å²) in [4.78, 5) is 14.7. The minimum Gasteiger partial charge on any atom is -0.464 e. The average molecular weight is 215 g/mol. The van der Waals surface area contributed by atoms with Crippen LogP contribution in [-0.2, 0) is 4.74 Å². The van der Waals surface area contributed by atoms with E-state index in [-0.39, 0.29) is 11.6 Å². The molecule has 1 aromatic heterocycles. The van der Waals surface area contributed by atoms with E-state index in [0.29, 0.717) is 6.07 Å². The highest BCUT2D eigenvalue weighted by Gasteiger charge is 2.19. The monoisotopic (exact) mass is 215 g/mol. The van der Waals surface area contributed by atoms with Crippen molar-refractivity contribution in [1.29, 1.82) is 0 Å². The van der Waals surface area contributed by atoms with Gasteiger partial charge in [-0.05, 0) is 5.92 Å². The summed E-state index contributed by atoms with van der Waals surface area (Å²) in [7, 11) is 1.11. The second-order valence-electron chi connectivity index (χ2n) is 3.33. The van der Waals surface area contributed by atoms with Crippen LogP contribution in [-0.4, -0.2) is 18.1 Å². The van der Waals surface area contributed by atoms with Crippen molar-refractivity contribution in [1.82, 2.24) is 4.98 Å². The molecule has 0 bridgehead atoms. The van der Waals surface area contributed by atoms with Crippen LogP contribution in [0.5, 0.6) is 0 Å². The number of methoxy groups -OCH3 is 1. The smallest absolute Gasteiger partial charge is 0.359 e. The van der Waals surface area contributed by atoms with Crippen molar-refractivity contribution >= 4 is 5.97 Å². The molecule has 0 aliphatic rings. The summed E-state index contributed by atoms with van der Waals surface area (Å²) in [6, 6.07) is 0.647. The van der Waals surface area contributed by atoms with Gasteiger partial charge in [0, 0.05) is 6.07 Å². The first kappa shape index (κ1) is 11.6. The maximum atomic E-state index is 13.2. The number of aromatic nitrogens is 1. The second-order valence-corrected chi connectivity index (χ2v) is 3.33. The van der Waals surface area contributed by atoms with Gasteiger partial charge in [0.05, 0.1) is 12.8 Å². The Labute approximate surface area is 86.1 Å². The molecule has 0 radical (unpaired) electrons. The molecule has 0 spiro atoms. The van der Waals surface area contributed by atoms with Crippen LogP contribution in [0.15, 0.2) is 6.07 Å². The zero-order valence-corrected chi connectivity index (χ0v) is 8.67. The molecule has 3 nitrogen and oxygen atoms in total. The Kier molecular flexibility index (Phi) is 3.34. The third-order valence-corrected chi connectivity index (χ3v) is 1.88. The molecule has 0 saturated carbocycles. The van der Waals surface area contributed by atoms with Crippen LogP contribution in [0.3, 0.4) is 0 Å². The van der Waals surface area contributed by atoms with Crippen molar-refractivity contribution in [2.75, 3.05) is 7.11 Å². The second kappa shape index (κ2) is 4.33. The Morgan fingerprint density at radius 1 is 1.40 bits per heavy atom. The zero-order chi connectivity index (χ0) is 11.6. The number of hydrogen-bond acceptors (Lipinski definition) is 3. The maximum absolute atomic E-state index is 13.2. The van der Waals surface area contributed by atoms with E-state index >= 15 is 0 Å². The first-order chi connectivity index (χ1) is 6.97. The molecular weight excluding hydrogens is 204 g/mol. The van der Waals surface area contributed by atoms with Gasteiger partial charge in [-0.1, -0.05) is 13.8 Å². The molecule has 0 aliphatic heterocycles. The lowest BCUT2D eigenvalue weighted by atomic mass is 10.1. The lowest BCUT2D eigenvalue weighted by Gasteiger charge is -2.08. The molecule has 15 heavy (non-hydrogen) atoms. The number of carbonyl (C=O) groups excluding carboxylic acids is 1. The number of hydrogen-bond donors (Lipinski definition) is 0. The Morgan fingerprint density at radius 3 is 2.47 bits per heavy atom. The van der Waals surface area contributed by atoms with Gasteiger partial charge in [-0.25, -0.2) is 18.6 Å².